The number of carbonyl (C=O) groups is 1. The van der Waals surface area contributed by atoms with Crippen LogP contribution in [0.4, 0.5) is 0 Å². The molecule has 1 atom stereocenters. The Hall–Kier alpha value is -0.570. The van der Waals surface area contributed by atoms with Crippen molar-refractivity contribution in [2.24, 2.45) is 11.8 Å². The minimum absolute atomic E-state index is 0.118. The van der Waals surface area contributed by atoms with Gasteiger partial charge in [0.15, 0.2) is 0 Å². The van der Waals surface area contributed by atoms with Crippen LogP contribution in [0.25, 0.3) is 0 Å². The summed E-state index contributed by atoms with van der Waals surface area (Å²) in [6.45, 7) is 7.72. The Morgan fingerprint density at radius 1 is 1.33 bits per heavy atom. The molecule has 88 valence electrons. The summed E-state index contributed by atoms with van der Waals surface area (Å²) in [6.07, 6.45) is 4.00. The Balaban J connectivity index is 1.96. The van der Waals surface area contributed by atoms with Gasteiger partial charge in [-0.05, 0) is 31.7 Å². The average Bonchev–Trinajstić information content (AvgIpc) is 2.95. The number of nitrogens with one attached hydrogen (secondary N) is 2. The third kappa shape index (κ3) is 5.78. The molecule has 1 fully saturated rings. The van der Waals surface area contributed by atoms with Gasteiger partial charge < -0.3 is 10.6 Å². The summed E-state index contributed by atoms with van der Waals surface area (Å²) in [5.41, 5.74) is 0. The first-order valence-corrected chi connectivity index (χ1v) is 6.09. The lowest BCUT2D eigenvalue weighted by molar-refractivity contribution is -0.121. The molecule has 0 spiro atoms. The molecule has 3 nitrogen and oxygen atoms in total. The van der Waals surface area contributed by atoms with Crippen molar-refractivity contribution >= 4 is 5.91 Å². The molecule has 0 aromatic heterocycles. The Labute approximate surface area is 93.0 Å². The summed E-state index contributed by atoms with van der Waals surface area (Å²) in [6, 6.07) is 0.266. The molecule has 0 aromatic rings. The van der Waals surface area contributed by atoms with Gasteiger partial charge in [-0.3, -0.25) is 4.79 Å². The zero-order valence-electron chi connectivity index (χ0n) is 10.2. The molecule has 1 unspecified atom stereocenters. The van der Waals surface area contributed by atoms with Crippen LogP contribution in [0.5, 0.6) is 0 Å². The average molecular weight is 212 g/mol. The van der Waals surface area contributed by atoms with E-state index in [9.17, 15) is 4.79 Å². The van der Waals surface area contributed by atoms with E-state index in [2.05, 4.69) is 24.5 Å². The van der Waals surface area contributed by atoms with Gasteiger partial charge in [0.25, 0.3) is 0 Å². The molecule has 2 N–H and O–H groups in total. The second kappa shape index (κ2) is 6.11. The summed E-state index contributed by atoms with van der Waals surface area (Å²) in [4.78, 5) is 11.4. The van der Waals surface area contributed by atoms with Crippen molar-refractivity contribution in [3.05, 3.63) is 0 Å². The van der Waals surface area contributed by atoms with Crippen molar-refractivity contribution in [3.8, 4) is 0 Å². The molecular weight excluding hydrogens is 188 g/mol. The maximum absolute atomic E-state index is 11.4. The molecular formula is C12H24N2O. The molecule has 0 aliphatic heterocycles. The van der Waals surface area contributed by atoms with Crippen molar-refractivity contribution in [2.75, 3.05) is 13.1 Å². The molecule has 0 bridgehead atoms. The molecule has 0 heterocycles. The van der Waals surface area contributed by atoms with Gasteiger partial charge in [-0.2, -0.15) is 0 Å². The highest BCUT2D eigenvalue weighted by Gasteiger charge is 2.20. The lowest BCUT2D eigenvalue weighted by Crippen LogP contribution is -2.41. The van der Waals surface area contributed by atoms with Gasteiger partial charge >= 0.3 is 0 Å². The Morgan fingerprint density at radius 2 is 2.00 bits per heavy atom. The van der Waals surface area contributed by atoms with Gasteiger partial charge in [-0.1, -0.05) is 26.7 Å². The molecule has 3 heteroatoms. The minimum atomic E-state index is 0.118. The van der Waals surface area contributed by atoms with Crippen molar-refractivity contribution in [3.63, 3.8) is 0 Å². The fourth-order valence-electron chi connectivity index (χ4n) is 1.39. The highest BCUT2D eigenvalue weighted by Crippen LogP contribution is 2.31. The molecule has 1 rings (SSSR count). The predicted molar refractivity (Wildman–Crippen MR) is 62.7 cm³/mol. The zero-order chi connectivity index (χ0) is 11.3. The normalized spacial score (nSPS) is 17.9. The smallest absolute Gasteiger partial charge is 0.234 e. The first-order chi connectivity index (χ1) is 7.09. The summed E-state index contributed by atoms with van der Waals surface area (Å²) in [5, 5.41) is 6.17. The molecule has 15 heavy (non-hydrogen) atoms. The molecule has 1 aliphatic rings. The second-order valence-electron chi connectivity index (χ2n) is 5.01. The predicted octanol–water partition coefficient (Wildman–Crippen LogP) is 1.54. The Morgan fingerprint density at radius 3 is 2.53 bits per heavy atom. The van der Waals surface area contributed by atoms with E-state index in [0.717, 1.165) is 12.5 Å². The molecule has 0 aromatic carbocycles. The van der Waals surface area contributed by atoms with Crippen LogP contribution in [0, 0.1) is 11.8 Å². The largest absolute Gasteiger partial charge is 0.352 e. The maximum Gasteiger partial charge on any atom is 0.234 e. The van der Waals surface area contributed by atoms with Gasteiger partial charge in [0.05, 0.1) is 6.54 Å². The van der Waals surface area contributed by atoms with Crippen molar-refractivity contribution in [1.82, 2.24) is 10.6 Å². The standard InChI is InChI=1S/C12H24N2O/c1-9(2)10(3)14-12(15)8-13-7-6-11-4-5-11/h9-11,13H,4-8H2,1-3H3,(H,14,15). The summed E-state index contributed by atoms with van der Waals surface area (Å²) >= 11 is 0. The fourth-order valence-corrected chi connectivity index (χ4v) is 1.39. The topological polar surface area (TPSA) is 41.1 Å². The minimum Gasteiger partial charge on any atom is -0.352 e. The third-order valence-electron chi connectivity index (χ3n) is 3.10. The van der Waals surface area contributed by atoms with Crippen molar-refractivity contribution in [2.45, 2.75) is 46.1 Å². The first kappa shape index (κ1) is 12.5. The van der Waals surface area contributed by atoms with E-state index in [-0.39, 0.29) is 11.9 Å². The number of rotatable bonds is 7. The first-order valence-electron chi connectivity index (χ1n) is 6.09. The zero-order valence-corrected chi connectivity index (χ0v) is 10.2. The highest BCUT2D eigenvalue weighted by molar-refractivity contribution is 5.78. The second-order valence-corrected chi connectivity index (χ2v) is 5.01. The van der Waals surface area contributed by atoms with Gasteiger partial charge in [0, 0.05) is 6.04 Å². The number of carbonyl (C=O) groups excluding carboxylic acids is 1. The van der Waals surface area contributed by atoms with Crippen LogP contribution in [0.15, 0.2) is 0 Å². The highest BCUT2D eigenvalue weighted by atomic mass is 16.1. The van der Waals surface area contributed by atoms with Gasteiger partial charge in [0.2, 0.25) is 5.91 Å². The number of hydrogen-bond acceptors (Lipinski definition) is 2. The Bertz CT molecular complexity index is 200. The molecule has 1 saturated carbocycles. The van der Waals surface area contributed by atoms with Crippen molar-refractivity contribution in [1.29, 1.82) is 0 Å². The van der Waals surface area contributed by atoms with E-state index >= 15 is 0 Å². The van der Waals surface area contributed by atoms with Crippen LogP contribution in [-0.4, -0.2) is 25.0 Å². The Kier molecular flexibility index (Phi) is 5.09. The van der Waals surface area contributed by atoms with Crippen LogP contribution in [-0.2, 0) is 4.79 Å². The molecule has 1 amide bonds. The van der Waals surface area contributed by atoms with Gasteiger partial charge in [-0.15, -0.1) is 0 Å². The third-order valence-corrected chi connectivity index (χ3v) is 3.10. The number of hydrogen-bond donors (Lipinski definition) is 2. The maximum atomic E-state index is 11.4. The fraction of sp³-hybridized carbons (Fsp3) is 0.917. The van der Waals surface area contributed by atoms with Crippen LogP contribution in [0.2, 0.25) is 0 Å². The summed E-state index contributed by atoms with van der Waals surface area (Å²) in [7, 11) is 0. The van der Waals surface area contributed by atoms with E-state index in [4.69, 9.17) is 0 Å². The van der Waals surface area contributed by atoms with E-state index in [1.165, 1.54) is 19.3 Å². The van der Waals surface area contributed by atoms with Gasteiger partial charge in [-0.25, -0.2) is 0 Å². The molecule has 0 radical (unpaired) electrons. The van der Waals surface area contributed by atoms with E-state index in [1.54, 1.807) is 0 Å². The van der Waals surface area contributed by atoms with Crippen LogP contribution >= 0.6 is 0 Å². The lowest BCUT2D eigenvalue weighted by atomic mass is 10.1. The van der Waals surface area contributed by atoms with Crippen molar-refractivity contribution < 1.29 is 4.79 Å². The SMILES string of the molecule is CC(C)C(C)NC(=O)CNCCC1CC1. The lowest BCUT2D eigenvalue weighted by Gasteiger charge is -2.17. The monoisotopic (exact) mass is 212 g/mol. The van der Waals surface area contributed by atoms with Crippen LogP contribution in [0.3, 0.4) is 0 Å². The quantitative estimate of drug-likeness (QED) is 0.628. The van der Waals surface area contributed by atoms with Gasteiger partial charge in [0.1, 0.15) is 0 Å². The summed E-state index contributed by atoms with van der Waals surface area (Å²) in [5.74, 6) is 1.56. The van der Waals surface area contributed by atoms with Crippen LogP contribution in [0.1, 0.15) is 40.0 Å². The van der Waals surface area contributed by atoms with E-state index in [0.29, 0.717) is 12.5 Å². The van der Waals surface area contributed by atoms with Crippen LogP contribution < -0.4 is 10.6 Å². The molecule has 1 aliphatic carbocycles. The molecule has 0 saturated heterocycles. The van der Waals surface area contributed by atoms with E-state index in [1.807, 2.05) is 6.92 Å². The summed E-state index contributed by atoms with van der Waals surface area (Å²) < 4.78 is 0. The number of amides is 1. The van der Waals surface area contributed by atoms with E-state index < -0.39 is 0 Å².